The molecular formula is C17H18ClN3O3. The van der Waals surface area contributed by atoms with E-state index in [1.54, 1.807) is 18.3 Å². The van der Waals surface area contributed by atoms with Crippen LogP contribution in [0.4, 0.5) is 11.4 Å². The molecule has 0 spiro atoms. The predicted molar refractivity (Wildman–Crippen MR) is 93.7 cm³/mol. The molecule has 1 amide bonds. The fourth-order valence-corrected chi connectivity index (χ4v) is 2.16. The Morgan fingerprint density at radius 2 is 1.96 bits per heavy atom. The number of carbonyl (C=O) groups is 2. The van der Waals surface area contributed by atoms with Crippen molar-refractivity contribution in [3.63, 3.8) is 0 Å². The number of hydrogen-bond donors (Lipinski definition) is 2. The van der Waals surface area contributed by atoms with Gasteiger partial charge in [0.15, 0.2) is 0 Å². The summed E-state index contributed by atoms with van der Waals surface area (Å²) in [6, 6.07) is 8.15. The quantitative estimate of drug-likeness (QED) is 0.808. The third-order valence-corrected chi connectivity index (χ3v) is 3.42. The Morgan fingerprint density at radius 1 is 1.21 bits per heavy atom. The highest BCUT2D eigenvalue weighted by Crippen LogP contribution is 2.24. The van der Waals surface area contributed by atoms with Crippen molar-refractivity contribution in [2.45, 2.75) is 19.9 Å². The maximum atomic E-state index is 12.3. The molecule has 1 heterocycles. The fraction of sp³-hybridized carbons (Fsp3) is 0.235. The van der Waals surface area contributed by atoms with Gasteiger partial charge in [-0.25, -0.2) is 9.78 Å². The molecule has 0 saturated carbocycles. The molecule has 0 radical (unpaired) electrons. The Morgan fingerprint density at radius 3 is 2.54 bits per heavy atom. The molecule has 0 bridgehead atoms. The number of ether oxygens (including phenoxy) is 1. The van der Waals surface area contributed by atoms with Crippen LogP contribution in [-0.2, 0) is 4.74 Å². The van der Waals surface area contributed by atoms with Gasteiger partial charge in [0.25, 0.3) is 5.91 Å². The van der Waals surface area contributed by atoms with Crippen LogP contribution in [0, 0.1) is 0 Å². The number of nitrogens with one attached hydrogen (secondary N) is 2. The molecule has 2 N–H and O–H groups in total. The molecule has 2 rings (SSSR count). The van der Waals surface area contributed by atoms with Crippen molar-refractivity contribution in [2.75, 3.05) is 17.7 Å². The number of anilines is 2. The number of hydrogen-bond acceptors (Lipinski definition) is 5. The lowest BCUT2D eigenvalue weighted by molar-refractivity contribution is 0.0600. The summed E-state index contributed by atoms with van der Waals surface area (Å²) < 4.78 is 4.65. The summed E-state index contributed by atoms with van der Waals surface area (Å²) in [6.07, 6.45) is 1.58. The van der Waals surface area contributed by atoms with Gasteiger partial charge in [0.1, 0.15) is 5.69 Å². The first-order valence-electron chi connectivity index (χ1n) is 7.32. The molecule has 1 aromatic carbocycles. The Hall–Kier alpha value is -2.60. The summed E-state index contributed by atoms with van der Waals surface area (Å²) in [7, 11) is 1.28. The van der Waals surface area contributed by atoms with Crippen LogP contribution in [0.5, 0.6) is 0 Å². The van der Waals surface area contributed by atoms with Gasteiger partial charge >= 0.3 is 5.97 Å². The maximum Gasteiger partial charge on any atom is 0.337 e. The van der Waals surface area contributed by atoms with Crippen LogP contribution in [-0.4, -0.2) is 30.0 Å². The summed E-state index contributed by atoms with van der Waals surface area (Å²) in [4.78, 5) is 28.0. The molecule has 7 heteroatoms. The van der Waals surface area contributed by atoms with E-state index in [-0.39, 0.29) is 11.7 Å². The standard InChI is InChI=1S/C17H18ClN3O3/c1-10(2)20-12-5-7-14(19-9-12)16(22)21-15-8-11(17(23)24-3)4-6-13(15)18/h4-10,20H,1-3H3,(H,21,22). The number of nitrogens with zero attached hydrogens (tertiary/aromatic N) is 1. The molecule has 0 atom stereocenters. The van der Waals surface area contributed by atoms with Gasteiger partial charge in [0.05, 0.1) is 35.3 Å². The van der Waals surface area contributed by atoms with E-state index in [9.17, 15) is 9.59 Å². The second kappa shape index (κ2) is 7.79. The monoisotopic (exact) mass is 347 g/mol. The first-order valence-corrected chi connectivity index (χ1v) is 7.70. The zero-order valence-electron chi connectivity index (χ0n) is 13.6. The van der Waals surface area contributed by atoms with Crippen LogP contribution < -0.4 is 10.6 Å². The van der Waals surface area contributed by atoms with Crippen LogP contribution in [0.15, 0.2) is 36.5 Å². The van der Waals surface area contributed by atoms with E-state index in [1.807, 2.05) is 13.8 Å². The van der Waals surface area contributed by atoms with Gasteiger partial charge < -0.3 is 15.4 Å². The summed E-state index contributed by atoms with van der Waals surface area (Å²) in [5.74, 6) is -0.931. The number of methoxy groups -OCH3 is 1. The molecule has 0 aliphatic carbocycles. The molecule has 1 aromatic heterocycles. The number of halogens is 1. The van der Waals surface area contributed by atoms with E-state index < -0.39 is 11.9 Å². The first kappa shape index (κ1) is 17.7. The number of aromatic nitrogens is 1. The van der Waals surface area contributed by atoms with Gasteiger partial charge in [0, 0.05) is 6.04 Å². The second-order valence-corrected chi connectivity index (χ2v) is 5.78. The van der Waals surface area contributed by atoms with Crippen LogP contribution in [0.3, 0.4) is 0 Å². The minimum Gasteiger partial charge on any atom is -0.465 e. The molecule has 0 saturated heterocycles. The van der Waals surface area contributed by atoms with Crippen molar-refractivity contribution in [3.8, 4) is 0 Å². The third-order valence-electron chi connectivity index (χ3n) is 3.09. The average Bonchev–Trinajstić information content (AvgIpc) is 2.56. The van der Waals surface area contributed by atoms with E-state index in [4.69, 9.17) is 11.6 Å². The maximum absolute atomic E-state index is 12.3. The molecule has 0 unspecified atom stereocenters. The van der Waals surface area contributed by atoms with E-state index in [1.165, 1.54) is 25.3 Å². The zero-order chi connectivity index (χ0) is 17.7. The molecule has 6 nitrogen and oxygen atoms in total. The van der Waals surface area contributed by atoms with Crippen molar-refractivity contribution in [2.24, 2.45) is 0 Å². The van der Waals surface area contributed by atoms with Gasteiger partial charge in [-0.1, -0.05) is 11.6 Å². The first-order chi connectivity index (χ1) is 11.4. The molecule has 24 heavy (non-hydrogen) atoms. The van der Waals surface area contributed by atoms with Crippen LogP contribution in [0.25, 0.3) is 0 Å². The second-order valence-electron chi connectivity index (χ2n) is 5.37. The topological polar surface area (TPSA) is 80.3 Å². The highest BCUT2D eigenvalue weighted by atomic mass is 35.5. The van der Waals surface area contributed by atoms with Crippen molar-refractivity contribution in [1.29, 1.82) is 0 Å². The van der Waals surface area contributed by atoms with E-state index in [0.29, 0.717) is 16.3 Å². The van der Waals surface area contributed by atoms with Gasteiger partial charge in [-0.15, -0.1) is 0 Å². The zero-order valence-corrected chi connectivity index (χ0v) is 14.3. The number of amides is 1. The number of pyridine rings is 1. The number of rotatable bonds is 5. The van der Waals surface area contributed by atoms with E-state index in [2.05, 4.69) is 20.4 Å². The van der Waals surface area contributed by atoms with E-state index >= 15 is 0 Å². The highest BCUT2D eigenvalue weighted by Gasteiger charge is 2.13. The smallest absolute Gasteiger partial charge is 0.337 e. The van der Waals surface area contributed by atoms with Crippen LogP contribution in [0.1, 0.15) is 34.7 Å². The minimum absolute atomic E-state index is 0.240. The SMILES string of the molecule is COC(=O)c1ccc(Cl)c(NC(=O)c2ccc(NC(C)C)cn2)c1. The molecule has 2 aromatic rings. The summed E-state index contributed by atoms with van der Waals surface area (Å²) in [5.41, 5.74) is 1.67. The molecule has 0 aliphatic rings. The lowest BCUT2D eigenvalue weighted by atomic mass is 10.2. The summed E-state index contributed by atoms with van der Waals surface area (Å²) >= 11 is 6.06. The largest absolute Gasteiger partial charge is 0.465 e. The Bertz CT molecular complexity index is 745. The van der Waals surface area contributed by atoms with E-state index in [0.717, 1.165) is 5.69 Å². The van der Waals surface area contributed by atoms with Gasteiger partial charge in [-0.3, -0.25) is 4.79 Å². The number of carbonyl (C=O) groups excluding carboxylic acids is 2. The van der Waals surface area contributed by atoms with Crippen LogP contribution in [0.2, 0.25) is 5.02 Å². The normalized spacial score (nSPS) is 10.4. The number of benzene rings is 1. The predicted octanol–water partition coefficient (Wildman–Crippen LogP) is 3.59. The van der Waals surface area contributed by atoms with Crippen molar-refractivity contribution < 1.29 is 14.3 Å². The van der Waals surface area contributed by atoms with Gasteiger partial charge in [0.2, 0.25) is 0 Å². The highest BCUT2D eigenvalue weighted by molar-refractivity contribution is 6.34. The average molecular weight is 348 g/mol. The van der Waals surface area contributed by atoms with Crippen molar-refractivity contribution in [1.82, 2.24) is 4.98 Å². The molecule has 0 aliphatic heterocycles. The lowest BCUT2D eigenvalue weighted by Crippen LogP contribution is -2.15. The summed E-state index contributed by atoms with van der Waals surface area (Å²) in [6.45, 7) is 4.02. The van der Waals surface area contributed by atoms with Gasteiger partial charge in [-0.05, 0) is 44.2 Å². The van der Waals surface area contributed by atoms with Crippen molar-refractivity contribution >= 4 is 34.9 Å². The van der Waals surface area contributed by atoms with Gasteiger partial charge in [-0.2, -0.15) is 0 Å². The van der Waals surface area contributed by atoms with Crippen LogP contribution >= 0.6 is 11.6 Å². The molecule has 0 fully saturated rings. The molecular weight excluding hydrogens is 330 g/mol. The van der Waals surface area contributed by atoms with Crippen molar-refractivity contribution in [3.05, 3.63) is 52.8 Å². The third kappa shape index (κ3) is 4.45. The Balaban J connectivity index is 2.15. The Labute approximate surface area is 145 Å². The summed E-state index contributed by atoms with van der Waals surface area (Å²) in [5, 5.41) is 6.15. The Kier molecular flexibility index (Phi) is 5.76. The minimum atomic E-state index is -0.510. The lowest BCUT2D eigenvalue weighted by Gasteiger charge is -2.11. The fourth-order valence-electron chi connectivity index (χ4n) is 2.00. The number of esters is 1. The molecule has 126 valence electrons.